The lowest BCUT2D eigenvalue weighted by Crippen LogP contribution is -2.50. The molecule has 2 atom stereocenters. The second-order valence-electron chi connectivity index (χ2n) is 9.62. The molecule has 1 N–H and O–H groups in total. The molecule has 204 valence electrons. The van der Waals surface area contributed by atoms with Crippen molar-refractivity contribution in [2.75, 3.05) is 17.1 Å². The smallest absolute Gasteiger partial charge is 0.243 e. The quantitative estimate of drug-likeness (QED) is 0.371. The molecule has 0 heterocycles. The van der Waals surface area contributed by atoms with Gasteiger partial charge in [-0.15, -0.1) is 0 Å². The second kappa shape index (κ2) is 13.8. The van der Waals surface area contributed by atoms with Gasteiger partial charge in [-0.25, -0.2) is 8.42 Å². The van der Waals surface area contributed by atoms with Crippen molar-refractivity contribution in [2.24, 2.45) is 0 Å². The first kappa shape index (κ1) is 30.6. The third-order valence-electron chi connectivity index (χ3n) is 6.41. The average molecular weight is 550 g/mol. The Kier molecular flexibility index (Phi) is 11.4. The lowest BCUT2D eigenvalue weighted by atomic mass is 10.1. The van der Waals surface area contributed by atoms with E-state index >= 15 is 0 Å². The van der Waals surface area contributed by atoms with Crippen molar-refractivity contribution in [1.82, 2.24) is 10.2 Å². The van der Waals surface area contributed by atoms with Crippen molar-refractivity contribution in [1.29, 1.82) is 0 Å². The fourth-order valence-electron chi connectivity index (χ4n) is 4.20. The van der Waals surface area contributed by atoms with Gasteiger partial charge in [-0.05, 0) is 63.3 Å². The van der Waals surface area contributed by atoms with Gasteiger partial charge in [0.15, 0.2) is 0 Å². The van der Waals surface area contributed by atoms with Gasteiger partial charge >= 0.3 is 0 Å². The Bertz CT molecular complexity index is 1190. The van der Waals surface area contributed by atoms with Gasteiger partial charge in [0.2, 0.25) is 21.8 Å². The molecular weight excluding hydrogens is 510 g/mol. The van der Waals surface area contributed by atoms with Crippen molar-refractivity contribution < 1.29 is 18.0 Å². The summed E-state index contributed by atoms with van der Waals surface area (Å²) in [5.41, 5.74) is 3.28. The Morgan fingerprint density at radius 3 is 2.35 bits per heavy atom. The van der Waals surface area contributed by atoms with Gasteiger partial charge in [-0.3, -0.25) is 13.9 Å². The molecule has 2 amide bonds. The molecule has 0 unspecified atom stereocenters. The predicted molar refractivity (Wildman–Crippen MR) is 151 cm³/mol. The summed E-state index contributed by atoms with van der Waals surface area (Å²) >= 11 is 6.13. The van der Waals surface area contributed by atoms with Crippen LogP contribution >= 0.6 is 11.6 Å². The first-order chi connectivity index (χ1) is 17.4. The summed E-state index contributed by atoms with van der Waals surface area (Å²) in [5.74, 6) is -0.367. The number of nitrogens with one attached hydrogen (secondary N) is 1. The maximum Gasteiger partial charge on any atom is 0.243 e. The largest absolute Gasteiger partial charge is 0.352 e. The Hall–Kier alpha value is -2.58. The van der Waals surface area contributed by atoms with Crippen LogP contribution in [0, 0.1) is 13.8 Å². The van der Waals surface area contributed by atoms with Gasteiger partial charge in [-0.2, -0.15) is 0 Å². The molecule has 2 aromatic carbocycles. The van der Waals surface area contributed by atoms with Gasteiger partial charge in [0, 0.05) is 30.6 Å². The van der Waals surface area contributed by atoms with Crippen molar-refractivity contribution in [3.05, 3.63) is 64.2 Å². The zero-order valence-corrected chi connectivity index (χ0v) is 24.3. The lowest BCUT2D eigenvalue weighted by Gasteiger charge is -2.32. The number of anilines is 1. The third-order valence-corrected chi connectivity index (χ3v) is 7.83. The monoisotopic (exact) mass is 549 g/mol. The predicted octanol–water partition coefficient (Wildman–Crippen LogP) is 5.23. The molecular formula is C28H40ClN3O4S. The van der Waals surface area contributed by atoms with Crippen LogP contribution in [0.15, 0.2) is 42.5 Å². The van der Waals surface area contributed by atoms with Gasteiger partial charge in [0.05, 0.1) is 11.9 Å². The Morgan fingerprint density at radius 1 is 1.05 bits per heavy atom. The fourth-order valence-corrected chi connectivity index (χ4v) is 5.38. The van der Waals surface area contributed by atoms with Gasteiger partial charge in [0.25, 0.3) is 0 Å². The number of halogens is 1. The summed E-state index contributed by atoms with van der Waals surface area (Å²) in [4.78, 5) is 28.3. The number of carbonyl (C=O) groups is 2. The molecule has 7 nitrogen and oxygen atoms in total. The van der Waals surface area contributed by atoms with Gasteiger partial charge in [0.1, 0.15) is 6.04 Å². The van der Waals surface area contributed by atoms with E-state index in [1.54, 1.807) is 23.1 Å². The van der Waals surface area contributed by atoms with Crippen LogP contribution in [0.1, 0.15) is 63.1 Å². The molecule has 2 aromatic rings. The maximum atomic E-state index is 13.5. The fraction of sp³-hybridized carbons (Fsp3) is 0.500. The van der Waals surface area contributed by atoms with Gasteiger partial charge < -0.3 is 10.2 Å². The normalized spacial score (nSPS) is 13.1. The Balaban J connectivity index is 2.26. The number of sulfonamides is 1. The summed E-state index contributed by atoms with van der Waals surface area (Å²) in [7, 11) is -3.59. The number of aryl methyl sites for hydroxylation is 2. The molecule has 0 bridgehead atoms. The second-order valence-corrected chi connectivity index (χ2v) is 12.0. The van der Waals surface area contributed by atoms with E-state index < -0.39 is 16.1 Å². The van der Waals surface area contributed by atoms with Crippen LogP contribution < -0.4 is 9.62 Å². The van der Waals surface area contributed by atoms with E-state index in [1.165, 1.54) is 4.31 Å². The molecule has 37 heavy (non-hydrogen) atoms. The summed E-state index contributed by atoms with van der Waals surface area (Å²) in [6.45, 7) is 10.1. The van der Waals surface area contributed by atoms with Crippen LogP contribution in [-0.2, 0) is 26.2 Å². The Morgan fingerprint density at radius 2 is 1.76 bits per heavy atom. The van der Waals surface area contributed by atoms with E-state index in [4.69, 9.17) is 11.6 Å². The summed E-state index contributed by atoms with van der Waals surface area (Å²) in [5, 5.41) is 3.45. The molecule has 0 fully saturated rings. The van der Waals surface area contributed by atoms with E-state index in [2.05, 4.69) is 5.32 Å². The van der Waals surface area contributed by atoms with Crippen LogP contribution in [0.5, 0.6) is 0 Å². The zero-order chi connectivity index (χ0) is 27.8. The average Bonchev–Trinajstić information content (AvgIpc) is 2.82. The van der Waals surface area contributed by atoms with Gasteiger partial charge in [-0.1, -0.05) is 61.3 Å². The van der Waals surface area contributed by atoms with E-state index in [-0.39, 0.29) is 30.8 Å². The standard InChI is InChI=1S/C28H40ClN3O4S/c1-7-22(5)30-28(34)25(8-2)31(19-23-12-9-11-20(3)17-23)27(33)13-10-16-32(37(6,35)36)26-18-24(29)15-14-21(26)4/h9,11-12,14-15,17-18,22,25H,7-8,10,13,16,19H2,1-6H3,(H,30,34)/t22-,25+/m0/s1. The van der Waals surface area contributed by atoms with Crippen molar-refractivity contribution in [2.45, 2.75) is 78.9 Å². The molecule has 0 radical (unpaired) electrons. The first-order valence-corrected chi connectivity index (χ1v) is 15.0. The van der Waals surface area contributed by atoms with Crippen LogP contribution in [0.25, 0.3) is 0 Å². The van der Waals surface area contributed by atoms with Crippen molar-refractivity contribution in [3.63, 3.8) is 0 Å². The molecule has 0 saturated heterocycles. The van der Waals surface area contributed by atoms with E-state index in [0.29, 0.717) is 30.1 Å². The lowest BCUT2D eigenvalue weighted by molar-refractivity contribution is -0.141. The highest BCUT2D eigenvalue weighted by Crippen LogP contribution is 2.27. The van der Waals surface area contributed by atoms with E-state index in [1.807, 2.05) is 58.9 Å². The number of nitrogens with zero attached hydrogens (tertiary/aromatic N) is 2. The molecule has 0 aromatic heterocycles. The summed E-state index contributed by atoms with van der Waals surface area (Å²) in [6.07, 6.45) is 2.80. The van der Waals surface area contributed by atoms with E-state index in [9.17, 15) is 18.0 Å². The Labute approximate surface area is 227 Å². The number of benzene rings is 2. The maximum absolute atomic E-state index is 13.5. The molecule has 0 saturated carbocycles. The SMILES string of the molecule is CC[C@H](C(=O)N[C@@H](C)CC)N(Cc1cccc(C)c1)C(=O)CCCN(c1cc(Cl)ccc1C)S(C)(=O)=O. The first-order valence-electron chi connectivity index (χ1n) is 12.8. The highest BCUT2D eigenvalue weighted by molar-refractivity contribution is 7.92. The zero-order valence-electron chi connectivity index (χ0n) is 22.8. The third kappa shape index (κ3) is 9.04. The van der Waals surface area contributed by atoms with Crippen LogP contribution in [-0.4, -0.2) is 50.0 Å². The molecule has 0 spiro atoms. The molecule has 0 aliphatic heterocycles. The molecule has 0 aliphatic rings. The minimum absolute atomic E-state index is 0.00160. The van der Waals surface area contributed by atoms with Crippen molar-refractivity contribution in [3.8, 4) is 0 Å². The summed E-state index contributed by atoms with van der Waals surface area (Å²) < 4.78 is 26.5. The minimum atomic E-state index is -3.59. The highest BCUT2D eigenvalue weighted by Gasteiger charge is 2.29. The molecule has 9 heteroatoms. The van der Waals surface area contributed by atoms with Crippen LogP contribution in [0.2, 0.25) is 5.02 Å². The van der Waals surface area contributed by atoms with E-state index in [0.717, 1.165) is 29.4 Å². The number of hydrogen-bond donors (Lipinski definition) is 1. The number of hydrogen-bond acceptors (Lipinski definition) is 4. The van der Waals surface area contributed by atoms with Crippen molar-refractivity contribution >= 4 is 39.1 Å². The summed E-state index contributed by atoms with van der Waals surface area (Å²) in [6, 6.07) is 12.4. The molecule has 2 rings (SSSR count). The number of rotatable bonds is 13. The minimum Gasteiger partial charge on any atom is -0.352 e. The highest BCUT2D eigenvalue weighted by atomic mass is 35.5. The van der Waals surface area contributed by atoms with Crippen LogP contribution in [0.4, 0.5) is 5.69 Å². The number of amides is 2. The number of carbonyl (C=O) groups excluding carboxylic acids is 2. The molecule has 0 aliphatic carbocycles. The van der Waals surface area contributed by atoms with Crippen LogP contribution in [0.3, 0.4) is 0 Å². The topological polar surface area (TPSA) is 86.8 Å².